The number of nitrogens with one attached hydrogen (secondary N) is 1. The Kier molecular flexibility index (Phi) is 3.23. The van der Waals surface area contributed by atoms with Crippen molar-refractivity contribution in [3.05, 3.63) is 35.9 Å². The van der Waals surface area contributed by atoms with Gasteiger partial charge in [0.2, 0.25) is 5.91 Å². The van der Waals surface area contributed by atoms with E-state index in [-0.39, 0.29) is 11.8 Å². The predicted octanol–water partition coefficient (Wildman–Crippen LogP) is 1.79. The standard InChI is InChI=1S/C13H15N3O/c1-9-7-13(17)16-15-12(9)6-5-10-3-2-4-11(14)8-10/h2-6,8-9H,7,14H2,1H3,(H,16,17). The molecule has 0 radical (unpaired) electrons. The molecule has 1 atom stereocenters. The lowest BCUT2D eigenvalue weighted by Gasteiger charge is -2.15. The Morgan fingerprint density at radius 2 is 2.29 bits per heavy atom. The molecule has 4 heteroatoms. The molecule has 1 aromatic rings. The number of rotatable bonds is 2. The number of carbonyl (C=O) groups is 1. The Hall–Kier alpha value is -2.10. The Labute approximate surface area is 100 Å². The number of anilines is 1. The molecule has 0 saturated heterocycles. The van der Waals surface area contributed by atoms with Gasteiger partial charge >= 0.3 is 0 Å². The Morgan fingerprint density at radius 3 is 3.00 bits per heavy atom. The number of amides is 1. The summed E-state index contributed by atoms with van der Waals surface area (Å²) in [5.41, 5.74) is 10.8. The first-order chi connectivity index (χ1) is 8.15. The van der Waals surface area contributed by atoms with Crippen molar-refractivity contribution < 1.29 is 4.79 Å². The van der Waals surface area contributed by atoms with Crippen LogP contribution in [0.4, 0.5) is 5.69 Å². The highest BCUT2D eigenvalue weighted by atomic mass is 16.2. The van der Waals surface area contributed by atoms with Crippen LogP contribution in [0.2, 0.25) is 0 Å². The second kappa shape index (κ2) is 4.82. The van der Waals surface area contributed by atoms with Crippen LogP contribution in [0.25, 0.3) is 6.08 Å². The molecule has 3 N–H and O–H groups in total. The zero-order valence-electron chi connectivity index (χ0n) is 9.68. The summed E-state index contributed by atoms with van der Waals surface area (Å²) in [5, 5.41) is 4.03. The molecule has 1 heterocycles. The molecule has 0 fully saturated rings. The summed E-state index contributed by atoms with van der Waals surface area (Å²) < 4.78 is 0. The third-order valence-corrected chi connectivity index (χ3v) is 2.66. The quantitative estimate of drug-likeness (QED) is 0.759. The molecule has 17 heavy (non-hydrogen) atoms. The van der Waals surface area contributed by atoms with E-state index in [0.717, 1.165) is 17.0 Å². The zero-order chi connectivity index (χ0) is 12.3. The minimum atomic E-state index is -0.0291. The van der Waals surface area contributed by atoms with Crippen LogP contribution in [-0.2, 0) is 4.79 Å². The Bertz CT molecular complexity index is 491. The largest absolute Gasteiger partial charge is 0.399 e. The van der Waals surface area contributed by atoms with E-state index in [1.165, 1.54) is 0 Å². The van der Waals surface area contributed by atoms with Crippen LogP contribution in [0.5, 0.6) is 0 Å². The van der Waals surface area contributed by atoms with Crippen LogP contribution >= 0.6 is 0 Å². The lowest BCUT2D eigenvalue weighted by Crippen LogP contribution is -2.30. The van der Waals surface area contributed by atoms with Gasteiger partial charge in [-0.3, -0.25) is 4.79 Å². The normalized spacial score (nSPS) is 20.2. The molecular formula is C13H15N3O. The van der Waals surface area contributed by atoms with Gasteiger partial charge in [0.25, 0.3) is 0 Å². The first-order valence-corrected chi connectivity index (χ1v) is 5.55. The van der Waals surface area contributed by atoms with Crippen LogP contribution in [-0.4, -0.2) is 11.6 Å². The van der Waals surface area contributed by atoms with Gasteiger partial charge in [0.05, 0.1) is 5.71 Å². The van der Waals surface area contributed by atoms with Crippen molar-refractivity contribution in [2.45, 2.75) is 13.3 Å². The highest BCUT2D eigenvalue weighted by molar-refractivity contribution is 6.03. The summed E-state index contributed by atoms with van der Waals surface area (Å²) in [4.78, 5) is 11.1. The molecule has 2 rings (SSSR count). The molecule has 1 aliphatic rings. The topological polar surface area (TPSA) is 67.5 Å². The molecule has 1 unspecified atom stereocenters. The molecule has 1 aromatic carbocycles. The van der Waals surface area contributed by atoms with Crippen LogP contribution in [0.3, 0.4) is 0 Å². The highest BCUT2D eigenvalue weighted by Gasteiger charge is 2.17. The van der Waals surface area contributed by atoms with E-state index in [4.69, 9.17) is 5.73 Å². The van der Waals surface area contributed by atoms with Gasteiger partial charge in [0, 0.05) is 18.0 Å². The summed E-state index contributed by atoms with van der Waals surface area (Å²) in [5.74, 6) is 0.125. The molecule has 88 valence electrons. The monoisotopic (exact) mass is 229 g/mol. The van der Waals surface area contributed by atoms with E-state index in [9.17, 15) is 4.79 Å². The SMILES string of the molecule is CC1CC(=O)NN=C1C=Cc1cccc(N)c1. The van der Waals surface area contributed by atoms with Crippen molar-refractivity contribution in [2.24, 2.45) is 11.0 Å². The summed E-state index contributed by atoms with van der Waals surface area (Å²) in [6.45, 7) is 1.99. The third-order valence-electron chi connectivity index (χ3n) is 2.66. The van der Waals surface area contributed by atoms with E-state index in [1.54, 1.807) is 0 Å². The average Bonchev–Trinajstić information content (AvgIpc) is 2.28. The fourth-order valence-corrected chi connectivity index (χ4v) is 1.71. The maximum Gasteiger partial charge on any atom is 0.240 e. The van der Waals surface area contributed by atoms with Crippen LogP contribution in [0.1, 0.15) is 18.9 Å². The lowest BCUT2D eigenvalue weighted by atomic mass is 9.99. The van der Waals surface area contributed by atoms with Crippen molar-refractivity contribution >= 4 is 23.4 Å². The maximum atomic E-state index is 11.1. The van der Waals surface area contributed by atoms with E-state index < -0.39 is 0 Å². The minimum Gasteiger partial charge on any atom is -0.399 e. The lowest BCUT2D eigenvalue weighted by molar-refractivity contribution is -0.121. The summed E-state index contributed by atoms with van der Waals surface area (Å²) in [6, 6.07) is 7.61. The molecule has 0 bridgehead atoms. The van der Waals surface area contributed by atoms with E-state index in [1.807, 2.05) is 43.3 Å². The summed E-state index contributed by atoms with van der Waals surface area (Å²) >= 11 is 0. The number of hydrogen-bond donors (Lipinski definition) is 2. The number of nitrogens with zero attached hydrogens (tertiary/aromatic N) is 1. The van der Waals surface area contributed by atoms with E-state index in [0.29, 0.717) is 6.42 Å². The first-order valence-electron chi connectivity index (χ1n) is 5.55. The first kappa shape index (κ1) is 11.4. The van der Waals surface area contributed by atoms with E-state index in [2.05, 4.69) is 10.5 Å². The van der Waals surface area contributed by atoms with Crippen molar-refractivity contribution in [2.75, 3.05) is 5.73 Å². The van der Waals surface area contributed by atoms with Gasteiger partial charge in [-0.15, -0.1) is 0 Å². The van der Waals surface area contributed by atoms with E-state index >= 15 is 0 Å². The van der Waals surface area contributed by atoms with Gasteiger partial charge in [0.15, 0.2) is 0 Å². The van der Waals surface area contributed by atoms with Crippen LogP contribution in [0.15, 0.2) is 35.4 Å². The fourth-order valence-electron chi connectivity index (χ4n) is 1.71. The molecule has 1 aliphatic heterocycles. The smallest absolute Gasteiger partial charge is 0.240 e. The molecule has 0 aliphatic carbocycles. The number of carbonyl (C=O) groups excluding carboxylic acids is 1. The zero-order valence-corrected chi connectivity index (χ0v) is 9.68. The minimum absolute atomic E-state index is 0.0291. The average molecular weight is 229 g/mol. The van der Waals surface area contributed by atoms with Gasteiger partial charge in [-0.1, -0.05) is 25.1 Å². The van der Waals surface area contributed by atoms with Crippen molar-refractivity contribution in [3.8, 4) is 0 Å². The highest BCUT2D eigenvalue weighted by Crippen LogP contribution is 2.13. The third kappa shape index (κ3) is 2.93. The van der Waals surface area contributed by atoms with Crippen molar-refractivity contribution in [1.82, 2.24) is 5.43 Å². The summed E-state index contributed by atoms with van der Waals surface area (Å²) in [7, 11) is 0. The fraction of sp³-hybridized carbons (Fsp3) is 0.231. The number of hydrogen-bond acceptors (Lipinski definition) is 3. The molecular weight excluding hydrogens is 214 g/mol. The van der Waals surface area contributed by atoms with Crippen LogP contribution in [0, 0.1) is 5.92 Å². The molecule has 0 saturated carbocycles. The second-order valence-corrected chi connectivity index (χ2v) is 4.18. The van der Waals surface area contributed by atoms with Crippen LogP contribution < -0.4 is 11.2 Å². The number of nitrogen functional groups attached to an aromatic ring is 1. The Balaban J connectivity index is 2.13. The number of nitrogens with two attached hydrogens (primary N) is 1. The molecule has 1 amide bonds. The van der Waals surface area contributed by atoms with Gasteiger partial charge in [-0.2, -0.15) is 5.10 Å². The van der Waals surface area contributed by atoms with Crippen molar-refractivity contribution in [3.63, 3.8) is 0 Å². The summed E-state index contributed by atoms with van der Waals surface area (Å²) in [6.07, 6.45) is 4.35. The number of benzene rings is 1. The van der Waals surface area contributed by atoms with Gasteiger partial charge in [0.1, 0.15) is 0 Å². The Morgan fingerprint density at radius 1 is 1.47 bits per heavy atom. The van der Waals surface area contributed by atoms with Gasteiger partial charge in [-0.05, 0) is 23.8 Å². The second-order valence-electron chi connectivity index (χ2n) is 4.18. The number of hydrazone groups is 1. The van der Waals surface area contributed by atoms with Gasteiger partial charge in [-0.25, -0.2) is 5.43 Å². The molecule has 4 nitrogen and oxygen atoms in total. The molecule has 0 spiro atoms. The van der Waals surface area contributed by atoms with Gasteiger partial charge < -0.3 is 5.73 Å². The molecule has 0 aromatic heterocycles. The predicted molar refractivity (Wildman–Crippen MR) is 69.2 cm³/mol. The number of allylic oxidation sites excluding steroid dienone is 1. The maximum absolute atomic E-state index is 11.1. The van der Waals surface area contributed by atoms with Crippen molar-refractivity contribution in [1.29, 1.82) is 0 Å².